The van der Waals surface area contributed by atoms with Crippen molar-refractivity contribution in [3.05, 3.63) is 57.5 Å². The van der Waals surface area contributed by atoms with Gasteiger partial charge < -0.3 is 5.32 Å². The second-order valence-electron chi connectivity index (χ2n) is 4.84. The van der Waals surface area contributed by atoms with Crippen molar-refractivity contribution in [2.45, 2.75) is 26.4 Å². The maximum atomic E-state index is 6.11. The monoisotopic (exact) mass is 337 g/mol. The van der Waals surface area contributed by atoms with Gasteiger partial charge in [-0.1, -0.05) is 59.6 Å². The normalized spacial score (nSPS) is 11.0. The van der Waals surface area contributed by atoms with Crippen molar-refractivity contribution in [2.75, 3.05) is 0 Å². The SMILES string of the molecule is CC(C)NCc1cc(Cl)ccc1-c1ccc(Br)cc1. The average Bonchev–Trinajstić information content (AvgIpc) is 2.38. The van der Waals surface area contributed by atoms with Crippen LogP contribution in [-0.4, -0.2) is 6.04 Å². The molecule has 1 N–H and O–H groups in total. The maximum absolute atomic E-state index is 6.11. The molecule has 0 saturated heterocycles. The number of benzene rings is 2. The minimum atomic E-state index is 0.455. The van der Waals surface area contributed by atoms with Crippen molar-refractivity contribution in [3.63, 3.8) is 0 Å². The smallest absolute Gasteiger partial charge is 0.0409 e. The lowest BCUT2D eigenvalue weighted by Crippen LogP contribution is -2.22. The molecule has 0 saturated carbocycles. The molecule has 0 bridgehead atoms. The number of halogens is 2. The second-order valence-corrected chi connectivity index (χ2v) is 6.20. The second kappa shape index (κ2) is 6.56. The third-order valence-electron chi connectivity index (χ3n) is 2.92. The Morgan fingerprint density at radius 3 is 2.42 bits per heavy atom. The Labute approximate surface area is 128 Å². The third-order valence-corrected chi connectivity index (χ3v) is 3.69. The summed E-state index contributed by atoms with van der Waals surface area (Å²) in [6, 6.07) is 14.9. The largest absolute Gasteiger partial charge is 0.310 e. The Balaban J connectivity index is 2.35. The first-order chi connectivity index (χ1) is 9.06. The highest BCUT2D eigenvalue weighted by Gasteiger charge is 2.06. The summed E-state index contributed by atoms with van der Waals surface area (Å²) in [7, 11) is 0. The van der Waals surface area contributed by atoms with Crippen LogP contribution in [0.2, 0.25) is 5.02 Å². The van der Waals surface area contributed by atoms with Crippen molar-refractivity contribution < 1.29 is 0 Å². The molecule has 3 heteroatoms. The Morgan fingerprint density at radius 1 is 1.11 bits per heavy atom. The van der Waals surface area contributed by atoms with Crippen LogP contribution in [0.15, 0.2) is 46.9 Å². The minimum Gasteiger partial charge on any atom is -0.310 e. The molecule has 0 amide bonds. The first-order valence-corrected chi connectivity index (χ1v) is 7.51. The third kappa shape index (κ3) is 4.07. The molecule has 0 aliphatic rings. The van der Waals surface area contributed by atoms with Crippen molar-refractivity contribution in [1.82, 2.24) is 5.32 Å². The van der Waals surface area contributed by atoms with Crippen LogP contribution in [-0.2, 0) is 6.54 Å². The first kappa shape index (κ1) is 14.6. The van der Waals surface area contributed by atoms with Gasteiger partial charge in [0.25, 0.3) is 0 Å². The van der Waals surface area contributed by atoms with E-state index >= 15 is 0 Å². The maximum Gasteiger partial charge on any atom is 0.0409 e. The van der Waals surface area contributed by atoms with E-state index in [9.17, 15) is 0 Å². The summed E-state index contributed by atoms with van der Waals surface area (Å²) in [5.41, 5.74) is 3.66. The molecule has 0 radical (unpaired) electrons. The van der Waals surface area contributed by atoms with E-state index in [1.165, 1.54) is 16.7 Å². The fourth-order valence-electron chi connectivity index (χ4n) is 1.93. The van der Waals surface area contributed by atoms with E-state index in [0.29, 0.717) is 6.04 Å². The zero-order valence-electron chi connectivity index (χ0n) is 11.1. The van der Waals surface area contributed by atoms with Gasteiger partial charge in [0.05, 0.1) is 0 Å². The van der Waals surface area contributed by atoms with Gasteiger partial charge >= 0.3 is 0 Å². The van der Waals surface area contributed by atoms with E-state index in [2.05, 4.69) is 65.4 Å². The van der Waals surface area contributed by atoms with Gasteiger partial charge in [0, 0.05) is 22.1 Å². The van der Waals surface area contributed by atoms with E-state index in [4.69, 9.17) is 11.6 Å². The van der Waals surface area contributed by atoms with Crippen LogP contribution >= 0.6 is 27.5 Å². The van der Waals surface area contributed by atoms with E-state index in [0.717, 1.165) is 16.0 Å². The summed E-state index contributed by atoms with van der Waals surface area (Å²) in [5, 5.41) is 4.22. The number of nitrogens with one attached hydrogen (secondary N) is 1. The van der Waals surface area contributed by atoms with Gasteiger partial charge in [-0.2, -0.15) is 0 Å². The average molecular weight is 339 g/mol. The molecule has 2 aromatic rings. The van der Waals surface area contributed by atoms with Gasteiger partial charge in [-0.3, -0.25) is 0 Å². The molecular formula is C16H17BrClN. The lowest BCUT2D eigenvalue weighted by atomic mass is 9.99. The summed E-state index contributed by atoms with van der Waals surface area (Å²) in [4.78, 5) is 0. The lowest BCUT2D eigenvalue weighted by Gasteiger charge is -2.13. The summed E-state index contributed by atoms with van der Waals surface area (Å²) in [6.45, 7) is 5.11. The Morgan fingerprint density at radius 2 is 1.79 bits per heavy atom. The molecule has 0 spiro atoms. The Hall–Kier alpha value is -0.830. The fraction of sp³-hybridized carbons (Fsp3) is 0.250. The number of hydrogen-bond donors (Lipinski definition) is 1. The van der Waals surface area contributed by atoms with Gasteiger partial charge in [0.15, 0.2) is 0 Å². The molecule has 0 heterocycles. The van der Waals surface area contributed by atoms with Crippen molar-refractivity contribution in [1.29, 1.82) is 0 Å². The highest BCUT2D eigenvalue weighted by atomic mass is 79.9. The highest BCUT2D eigenvalue weighted by Crippen LogP contribution is 2.27. The van der Waals surface area contributed by atoms with Crippen LogP contribution in [0.4, 0.5) is 0 Å². The van der Waals surface area contributed by atoms with Gasteiger partial charge in [0.1, 0.15) is 0 Å². The molecule has 0 fully saturated rings. The first-order valence-electron chi connectivity index (χ1n) is 6.34. The molecule has 1 nitrogen and oxygen atoms in total. The lowest BCUT2D eigenvalue weighted by molar-refractivity contribution is 0.589. The molecular weight excluding hydrogens is 322 g/mol. The topological polar surface area (TPSA) is 12.0 Å². The quantitative estimate of drug-likeness (QED) is 0.801. The predicted molar refractivity (Wildman–Crippen MR) is 86.6 cm³/mol. The molecule has 0 atom stereocenters. The molecule has 2 aromatic carbocycles. The zero-order valence-corrected chi connectivity index (χ0v) is 13.4. The van der Waals surface area contributed by atoms with Gasteiger partial charge in [-0.15, -0.1) is 0 Å². The van der Waals surface area contributed by atoms with Crippen LogP contribution in [0.3, 0.4) is 0 Å². The standard InChI is InChI=1S/C16H17BrClN/c1-11(2)19-10-13-9-15(18)7-8-16(13)12-3-5-14(17)6-4-12/h3-9,11,19H,10H2,1-2H3. The van der Waals surface area contributed by atoms with E-state index in [-0.39, 0.29) is 0 Å². The van der Waals surface area contributed by atoms with Crippen molar-refractivity contribution in [3.8, 4) is 11.1 Å². The van der Waals surface area contributed by atoms with E-state index in [1.807, 2.05) is 12.1 Å². The van der Waals surface area contributed by atoms with Crippen LogP contribution in [0, 0.1) is 0 Å². The van der Waals surface area contributed by atoms with Gasteiger partial charge in [0.2, 0.25) is 0 Å². The number of hydrogen-bond acceptors (Lipinski definition) is 1. The molecule has 19 heavy (non-hydrogen) atoms. The van der Waals surface area contributed by atoms with Crippen LogP contribution < -0.4 is 5.32 Å². The van der Waals surface area contributed by atoms with Crippen LogP contribution in [0.5, 0.6) is 0 Å². The van der Waals surface area contributed by atoms with Gasteiger partial charge in [-0.05, 0) is 41.0 Å². The molecule has 100 valence electrons. The molecule has 0 unspecified atom stereocenters. The molecule has 0 aliphatic carbocycles. The van der Waals surface area contributed by atoms with Crippen molar-refractivity contribution in [2.24, 2.45) is 0 Å². The molecule has 0 aromatic heterocycles. The minimum absolute atomic E-state index is 0.455. The summed E-state index contributed by atoms with van der Waals surface area (Å²) in [5.74, 6) is 0. The molecule has 2 rings (SSSR count). The van der Waals surface area contributed by atoms with Gasteiger partial charge in [-0.25, -0.2) is 0 Å². The van der Waals surface area contributed by atoms with E-state index < -0.39 is 0 Å². The predicted octanol–water partition coefficient (Wildman–Crippen LogP) is 5.27. The Bertz CT molecular complexity index is 549. The van der Waals surface area contributed by atoms with Crippen LogP contribution in [0.25, 0.3) is 11.1 Å². The van der Waals surface area contributed by atoms with Crippen molar-refractivity contribution >= 4 is 27.5 Å². The van der Waals surface area contributed by atoms with Crippen LogP contribution in [0.1, 0.15) is 19.4 Å². The summed E-state index contributed by atoms with van der Waals surface area (Å²) >= 11 is 9.57. The molecule has 0 aliphatic heterocycles. The highest BCUT2D eigenvalue weighted by molar-refractivity contribution is 9.10. The summed E-state index contributed by atoms with van der Waals surface area (Å²) < 4.78 is 1.09. The number of rotatable bonds is 4. The summed E-state index contributed by atoms with van der Waals surface area (Å²) in [6.07, 6.45) is 0. The van der Waals surface area contributed by atoms with E-state index in [1.54, 1.807) is 0 Å². The fourth-order valence-corrected chi connectivity index (χ4v) is 2.39. The zero-order chi connectivity index (χ0) is 13.8. The Kier molecular flexibility index (Phi) is 5.03.